The Bertz CT molecular complexity index is 410. The van der Waals surface area contributed by atoms with Crippen LogP contribution in [0.2, 0.25) is 0 Å². The summed E-state index contributed by atoms with van der Waals surface area (Å²) >= 11 is 0. The molecule has 2 aliphatic rings. The maximum atomic E-state index is 12.8. The SMILES string of the molecule is O=C(O)[C@@H]1CN(C(=O)NC[C@H]2CCCO2)C[C@H]1C(F)(F)F. The minimum absolute atomic E-state index is 0.120. The quantitative estimate of drug-likeness (QED) is 0.817. The zero-order chi connectivity index (χ0) is 15.6. The van der Waals surface area contributed by atoms with Crippen molar-refractivity contribution in [3.63, 3.8) is 0 Å². The van der Waals surface area contributed by atoms with Crippen molar-refractivity contribution in [3.05, 3.63) is 0 Å². The second kappa shape index (κ2) is 6.08. The number of amides is 2. The second-order valence-corrected chi connectivity index (χ2v) is 5.32. The monoisotopic (exact) mass is 310 g/mol. The number of halogens is 3. The van der Waals surface area contributed by atoms with Gasteiger partial charge in [0.05, 0.1) is 17.9 Å². The van der Waals surface area contributed by atoms with E-state index in [0.717, 1.165) is 17.7 Å². The van der Waals surface area contributed by atoms with Crippen molar-refractivity contribution in [2.75, 3.05) is 26.2 Å². The standard InChI is InChI=1S/C12H17F3N2O4/c13-12(14,15)9-6-17(5-8(9)10(18)19)11(20)16-4-7-2-1-3-21-7/h7-9H,1-6H2,(H,16,20)(H,18,19)/t7-,8-,9-/m1/s1. The van der Waals surface area contributed by atoms with Crippen molar-refractivity contribution in [2.45, 2.75) is 25.1 Å². The number of nitrogens with zero attached hydrogens (tertiary/aromatic N) is 1. The molecule has 0 saturated carbocycles. The van der Waals surface area contributed by atoms with Gasteiger partial charge in [0.1, 0.15) is 0 Å². The van der Waals surface area contributed by atoms with Gasteiger partial charge in [-0.15, -0.1) is 0 Å². The van der Waals surface area contributed by atoms with E-state index in [4.69, 9.17) is 9.84 Å². The first-order valence-corrected chi connectivity index (χ1v) is 6.73. The fourth-order valence-electron chi connectivity index (χ4n) is 2.67. The first-order chi connectivity index (χ1) is 9.79. The Morgan fingerprint density at radius 1 is 1.33 bits per heavy atom. The molecule has 6 nitrogen and oxygen atoms in total. The summed E-state index contributed by atoms with van der Waals surface area (Å²) in [6.07, 6.45) is -3.07. The van der Waals surface area contributed by atoms with Crippen LogP contribution in [0.4, 0.5) is 18.0 Å². The van der Waals surface area contributed by atoms with E-state index < -0.39 is 43.1 Å². The first kappa shape index (κ1) is 15.9. The molecule has 0 radical (unpaired) electrons. The van der Waals surface area contributed by atoms with Gasteiger partial charge in [-0.2, -0.15) is 13.2 Å². The van der Waals surface area contributed by atoms with Gasteiger partial charge < -0.3 is 20.1 Å². The van der Waals surface area contributed by atoms with Gasteiger partial charge in [-0.05, 0) is 12.8 Å². The minimum atomic E-state index is -4.63. The molecule has 0 aliphatic carbocycles. The Hall–Kier alpha value is -1.51. The Morgan fingerprint density at radius 2 is 2.05 bits per heavy atom. The average molecular weight is 310 g/mol. The Labute approximate surface area is 119 Å². The first-order valence-electron chi connectivity index (χ1n) is 6.73. The van der Waals surface area contributed by atoms with Gasteiger partial charge in [-0.3, -0.25) is 4.79 Å². The summed E-state index contributed by atoms with van der Waals surface area (Å²) in [5.41, 5.74) is 0. The normalized spacial score (nSPS) is 29.7. The number of nitrogens with one attached hydrogen (secondary N) is 1. The van der Waals surface area contributed by atoms with Crippen molar-refractivity contribution >= 4 is 12.0 Å². The van der Waals surface area contributed by atoms with Crippen LogP contribution >= 0.6 is 0 Å². The van der Waals surface area contributed by atoms with E-state index in [-0.39, 0.29) is 12.6 Å². The topological polar surface area (TPSA) is 78.9 Å². The van der Waals surface area contributed by atoms with E-state index in [2.05, 4.69) is 5.32 Å². The van der Waals surface area contributed by atoms with Crippen molar-refractivity contribution in [3.8, 4) is 0 Å². The highest BCUT2D eigenvalue weighted by Crippen LogP contribution is 2.37. The molecule has 0 aromatic heterocycles. The van der Waals surface area contributed by atoms with Gasteiger partial charge in [-0.25, -0.2) is 4.79 Å². The van der Waals surface area contributed by atoms with Crippen LogP contribution in [0.15, 0.2) is 0 Å². The molecule has 120 valence electrons. The lowest BCUT2D eigenvalue weighted by Gasteiger charge is -2.19. The highest BCUT2D eigenvalue weighted by atomic mass is 19.4. The lowest BCUT2D eigenvalue weighted by atomic mass is 9.96. The smallest absolute Gasteiger partial charge is 0.394 e. The number of ether oxygens (including phenoxy) is 1. The molecule has 9 heteroatoms. The molecule has 0 aromatic rings. The van der Waals surface area contributed by atoms with Gasteiger partial charge in [0.2, 0.25) is 0 Å². The van der Waals surface area contributed by atoms with Gasteiger partial charge in [-0.1, -0.05) is 0 Å². The molecular weight excluding hydrogens is 293 g/mol. The Morgan fingerprint density at radius 3 is 2.52 bits per heavy atom. The van der Waals surface area contributed by atoms with Crippen LogP contribution < -0.4 is 5.32 Å². The fraction of sp³-hybridized carbons (Fsp3) is 0.833. The summed E-state index contributed by atoms with van der Waals surface area (Å²) in [6.45, 7) is -0.222. The van der Waals surface area contributed by atoms with Gasteiger partial charge in [0.15, 0.2) is 0 Å². The van der Waals surface area contributed by atoms with Crippen molar-refractivity contribution in [1.82, 2.24) is 10.2 Å². The second-order valence-electron chi connectivity index (χ2n) is 5.32. The molecule has 21 heavy (non-hydrogen) atoms. The number of carboxylic acids is 1. The molecule has 0 spiro atoms. The van der Waals surface area contributed by atoms with Crippen LogP contribution in [-0.4, -0.2) is 60.5 Å². The summed E-state index contributed by atoms with van der Waals surface area (Å²) in [4.78, 5) is 23.7. The highest BCUT2D eigenvalue weighted by Gasteiger charge is 2.53. The number of urea groups is 1. The van der Waals surface area contributed by atoms with Crippen LogP contribution in [0.25, 0.3) is 0 Å². The number of carboxylic acid groups (broad SMARTS) is 1. The number of likely N-dealkylation sites (tertiary alicyclic amines) is 1. The van der Waals surface area contributed by atoms with E-state index in [9.17, 15) is 22.8 Å². The largest absolute Gasteiger partial charge is 0.481 e. The van der Waals surface area contributed by atoms with Gasteiger partial charge in [0.25, 0.3) is 0 Å². The lowest BCUT2D eigenvalue weighted by Crippen LogP contribution is -2.42. The third kappa shape index (κ3) is 3.78. The molecule has 0 bridgehead atoms. The van der Waals surface area contributed by atoms with E-state index in [1.165, 1.54) is 0 Å². The number of hydrogen-bond donors (Lipinski definition) is 2. The number of rotatable bonds is 3. The maximum Gasteiger partial charge on any atom is 0.394 e. The van der Waals surface area contributed by atoms with Crippen LogP contribution in [0.5, 0.6) is 0 Å². The summed E-state index contributed by atoms with van der Waals surface area (Å²) < 4.78 is 43.7. The van der Waals surface area contributed by atoms with Gasteiger partial charge in [0, 0.05) is 26.2 Å². The van der Waals surface area contributed by atoms with Gasteiger partial charge >= 0.3 is 18.2 Å². The van der Waals surface area contributed by atoms with E-state index in [1.54, 1.807) is 0 Å². The molecule has 2 rings (SSSR count). The number of hydrogen-bond acceptors (Lipinski definition) is 3. The van der Waals surface area contributed by atoms with Crippen LogP contribution in [0, 0.1) is 11.8 Å². The van der Waals surface area contributed by atoms with Crippen LogP contribution in [-0.2, 0) is 9.53 Å². The van der Waals surface area contributed by atoms with E-state index in [0.29, 0.717) is 6.61 Å². The zero-order valence-corrected chi connectivity index (χ0v) is 11.2. The fourth-order valence-corrected chi connectivity index (χ4v) is 2.67. The molecule has 3 atom stereocenters. The van der Waals surface area contributed by atoms with Crippen molar-refractivity contribution < 1.29 is 32.6 Å². The molecule has 2 amide bonds. The number of carbonyl (C=O) groups is 2. The Balaban J connectivity index is 1.91. The molecular formula is C12H17F3N2O4. The molecule has 2 aliphatic heterocycles. The third-order valence-electron chi connectivity index (χ3n) is 3.85. The predicted octanol–water partition coefficient (Wildman–Crippen LogP) is 1.07. The molecule has 0 aromatic carbocycles. The molecule has 0 unspecified atom stereocenters. The molecule has 2 heterocycles. The van der Waals surface area contributed by atoms with E-state index >= 15 is 0 Å². The molecule has 2 N–H and O–H groups in total. The number of carbonyl (C=O) groups excluding carboxylic acids is 1. The summed E-state index contributed by atoms with van der Waals surface area (Å²) in [5, 5.41) is 11.4. The molecule has 2 saturated heterocycles. The summed E-state index contributed by atoms with van der Waals surface area (Å²) in [6, 6.07) is -0.677. The maximum absolute atomic E-state index is 12.8. The minimum Gasteiger partial charge on any atom is -0.481 e. The van der Waals surface area contributed by atoms with Crippen molar-refractivity contribution in [2.24, 2.45) is 11.8 Å². The lowest BCUT2D eigenvalue weighted by molar-refractivity contribution is -0.187. The number of alkyl halides is 3. The summed E-state index contributed by atoms with van der Waals surface area (Å²) in [7, 11) is 0. The van der Waals surface area contributed by atoms with Crippen LogP contribution in [0.1, 0.15) is 12.8 Å². The summed E-state index contributed by atoms with van der Waals surface area (Å²) in [5.74, 6) is -5.17. The Kier molecular flexibility index (Phi) is 4.60. The van der Waals surface area contributed by atoms with E-state index in [1.807, 2.05) is 0 Å². The predicted molar refractivity (Wildman–Crippen MR) is 64.6 cm³/mol. The van der Waals surface area contributed by atoms with Crippen molar-refractivity contribution in [1.29, 1.82) is 0 Å². The number of aliphatic carboxylic acids is 1. The zero-order valence-electron chi connectivity index (χ0n) is 11.2. The molecule has 2 fully saturated rings. The van der Waals surface area contributed by atoms with Crippen LogP contribution in [0.3, 0.4) is 0 Å². The average Bonchev–Trinajstić information content (AvgIpc) is 3.04. The highest BCUT2D eigenvalue weighted by molar-refractivity contribution is 5.77. The third-order valence-corrected chi connectivity index (χ3v) is 3.85.